The smallest absolute Gasteiger partial charge is 0.223 e. The van der Waals surface area contributed by atoms with Crippen molar-refractivity contribution in [2.45, 2.75) is 20.3 Å². The predicted octanol–water partition coefficient (Wildman–Crippen LogP) is 1.92. The molecule has 1 N–H and O–H groups in total. The zero-order valence-electron chi connectivity index (χ0n) is 13.2. The van der Waals surface area contributed by atoms with Crippen LogP contribution < -0.4 is 14.8 Å². The van der Waals surface area contributed by atoms with Crippen LogP contribution in [0.15, 0.2) is 24.3 Å². The summed E-state index contributed by atoms with van der Waals surface area (Å²) in [4.78, 5) is 13.6. The second kappa shape index (κ2) is 10.0. The molecular formula is C16H26N2O3. The van der Waals surface area contributed by atoms with Gasteiger partial charge in [0, 0.05) is 32.6 Å². The Hall–Kier alpha value is -1.75. The van der Waals surface area contributed by atoms with Gasteiger partial charge in [0.15, 0.2) is 0 Å². The van der Waals surface area contributed by atoms with Gasteiger partial charge in [-0.2, -0.15) is 0 Å². The highest BCUT2D eigenvalue weighted by molar-refractivity contribution is 5.76. The fraction of sp³-hybridized carbons (Fsp3) is 0.562. The molecule has 0 heterocycles. The molecule has 5 nitrogen and oxygen atoms in total. The second-order valence-electron chi connectivity index (χ2n) is 4.59. The van der Waals surface area contributed by atoms with Gasteiger partial charge in [-0.25, -0.2) is 0 Å². The average Bonchev–Trinajstić information content (AvgIpc) is 2.52. The molecule has 0 fully saturated rings. The van der Waals surface area contributed by atoms with Crippen LogP contribution in [0.3, 0.4) is 0 Å². The normalized spacial score (nSPS) is 10.2. The Morgan fingerprint density at radius 3 is 2.29 bits per heavy atom. The molecular weight excluding hydrogens is 268 g/mol. The van der Waals surface area contributed by atoms with E-state index in [9.17, 15) is 4.79 Å². The van der Waals surface area contributed by atoms with E-state index in [0.717, 1.165) is 31.1 Å². The maximum Gasteiger partial charge on any atom is 0.223 e. The number of methoxy groups -OCH3 is 1. The highest BCUT2D eigenvalue weighted by atomic mass is 16.5. The van der Waals surface area contributed by atoms with Crippen molar-refractivity contribution in [1.82, 2.24) is 10.2 Å². The number of carbonyl (C=O) groups is 1. The van der Waals surface area contributed by atoms with Crippen molar-refractivity contribution in [2.75, 3.05) is 39.9 Å². The van der Waals surface area contributed by atoms with E-state index >= 15 is 0 Å². The van der Waals surface area contributed by atoms with Crippen molar-refractivity contribution in [2.24, 2.45) is 0 Å². The van der Waals surface area contributed by atoms with Crippen molar-refractivity contribution in [3.63, 3.8) is 0 Å². The molecule has 0 aliphatic carbocycles. The topological polar surface area (TPSA) is 50.8 Å². The van der Waals surface area contributed by atoms with E-state index in [-0.39, 0.29) is 5.91 Å². The van der Waals surface area contributed by atoms with Crippen molar-refractivity contribution in [3.8, 4) is 11.5 Å². The molecule has 0 unspecified atom stereocenters. The van der Waals surface area contributed by atoms with E-state index in [0.29, 0.717) is 19.6 Å². The van der Waals surface area contributed by atoms with E-state index in [4.69, 9.17) is 9.47 Å². The van der Waals surface area contributed by atoms with Gasteiger partial charge >= 0.3 is 0 Å². The molecule has 118 valence electrons. The van der Waals surface area contributed by atoms with Gasteiger partial charge in [0.05, 0.1) is 7.11 Å². The highest BCUT2D eigenvalue weighted by Gasteiger charge is 2.07. The Labute approximate surface area is 127 Å². The second-order valence-corrected chi connectivity index (χ2v) is 4.59. The minimum Gasteiger partial charge on any atom is -0.497 e. The van der Waals surface area contributed by atoms with E-state index in [1.807, 2.05) is 43.0 Å². The van der Waals surface area contributed by atoms with Crippen LogP contribution in [0.4, 0.5) is 0 Å². The third kappa shape index (κ3) is 6.49. The van der Waals surface area contributed by atoms with Gasteiger partial charge in [0.1, 0.15) is 18.1 Å². The summed E-state index contributed by atoms with van der Waals surface area (Å²) >= 11 is 0. The number of nitrogens with one attached hydrogen (secondary N) is 1. The van der Waals surface area contributed by atoms with Gasteiger partial charge in [0.2, 0.25) is 5.91 Å². The van der Waals surface area contributed by atoms with Crippen molar-refractivity contribution >= 4 is 5.91 Å². The first-order valence-electron chi connectivity index (χ1n) is 7.46. The van der Waals surface area contributed by atoms with Crippen molar-refractivity contribution in [3.05, 3.63) is 24.3 Å². The molecule has 0 aromatic heterocycles. The number of amides is 1. The summed E-state index contributed by atoms with van der Waals surface area (Å²) in [5.41, 5.74) is 0. The molecule has 0 aliphatic heterocycles. The molecule has 0 saturated carbocycles. The summed E-state index contributed by atoms with van der Waals surface area (Å²) in [6.45, 7) is 7.52. The molecule has 0 saturated heterocycles. The lowest BCUT2D eigenvalue weighted by Gasteiger charge is -2.18. The maximum atomic E-state index is 11.8. The average molecular weight is 294 g/mol. The lowest BCUT2D eigenvalue weighted by Crippen LogP contribution is -2.33. The quantitative estimate of drug-likeness (QED) is 0.670. The van der Waals surface area contributed by atoms with Crippen LogP contribution in [-0.4, -0.2) is 50.7 Å². The van der Waals surface area contributed by atoms with Crippen molar-refractivity contribution in [1.29, 1.82) is 0 Å². The summed E-state index contributed by atoms with van der Waals surface area (Å²) < 4.78 is 10.7. The van der Waals surface area contributed by atoms with Gasteiger partial charge in [-0.3, -0.25) is 4.79 Å². The Morgan fingerprint density at radius 2 is 1.71 bits per heavy atom. The van der Waals surface area contributed by atoms with Crippen LogP contribution in [0.5, 0.6) is 11.5 Å². The summed E-state index contributed by atoms with van der Waals surface area (Å²) in [5, 5.41) is 3.21. The van der Waals surface area contributed by atoms with Crippen LogP contribution >= 0.6 is 0 Å². The van der Waals surface area contributed by atoms with Gasteiger partial charge in [-0.1, -0.05) is 0 Å². The first-order valence-corrected chi connectivity index (χ1v) is 7.46. The summed E-state index contributed by atoms with van der Waals surface area (Å²) in [6.07, 6.45) is 0.532. The van der Waals surface area contributed by atoms with E-state index < -0.39 is 0 Å². The molecule has 1 amide bonds. The van der Waals surface area contributed by atoms with Crippen LogP contribution in [0.25, 0.3) is 0 Å². The Kier molecular flexibility index (Phi) is 8.28. The van der Waals surface area contributed by atoms with Crippen LogP contribution in [0.2, 0.25) is 0 Å². The molecule has 0 bridgehead atoms. The molecule has 0 aliphatic rings. The largest absolute Gasteiger partial charge is 0.497 e. The van der Waals surface area contributed by atoms with E-state index in [1.165, 1.54) is 0 Å². The maximum absolute atomic E-state index is 11.8. The number of hydrogen-bond acceptors (Lipinski definition) is 4. The summed E-state index contributed by atoms with van der Waals surface area (Å²) in [6, 6.07) is 7.49. The first kappa shape index (κ1) is 17.3. The zero-order chi connectivity index (χ0) is 15.5. The van der Waals surface area contributed by atoms with Gasteiger partial charge in [-0.05, 0) is 38.1 Å². The monoisotopic (exact) mass is 294 g/mol. The molecule has 5 heteroatoms. The van der Waals surface area contributed by atoms with Crippen LogP contribution in [-0.2, 0) is 4.79 Å². The number of carbonyl (C=O) groups excluding carboxylic acids is 1. The molecule has 0 spiro atoms. The molecule has 1 aromatic rings. The number of ether oxygens (including phenoxy) is 2. The van der Waals surface area contributed by atoms with E-state index in [2.05, 4.69) is 5.32 Å². The van der Waals surface area contributed by atoms with Gasteiger partial charge in [-0.15, -0.1) is 0 Å². The third-order valence-electron chi connectivity index (χ3n) is 3.24. The lowest BCUT2D eigenvalue weighted by molar-refractivity contribution is -0.130. The minimum atomic E-state index is 0.198. The van der Waals surface area contributed by atoms with Crippen molar-refractivity contribution < 1.29 is 14.3 Å². The SMILES string of the molecule is CCN(CC)C(=O)CCNCCOc1ccc(OC)cc1. The zero-order valence-corrected chi connectivity index (χ0v) is 13.2. The standard InChI is InChI=1S/C16H26N2O3/c1-4-18(5-2)16(19)10-11-17-12-13-21-15-8-6-14(20-3)7-9-15/h6-9,17H,4-5,10-13H2,1-3H3. The fourth-order valence-corrected chi connectivity index (χ4v) is 1.97. The first-order chi connectivity index (χ1) is 10.2. The van der Waals surface area contributed by atoms with Gasteiger partial charge in [0.25, 0.3) is 0 Å². The summed E-state index contributed by atoms with van der Waals surface area (Å²) in [5.74, 6) is 1.83. The molecule has 21 heavy (non-hydrogen) atoms. The third-order valence-corrected chi connectivity index (χ3v) is 3.24. The van der Waals surface area contributed by atoms with E-state index in [1.54, 1.807) is 7.11 Å². The number of nitrogens with zero attached hydrogens (tertiary/aromatic N) is 1. The Bertz CT molecular complexity index is 402. The molecule has 1 rings (SSSR count). The Balaban J connectivity index is 2.10. The molecule has 0 atom stereocenters. The number of hydrogen-bond donors (Lipinski definition) is 1. The van der Waals surface area contributed by atoms with Crippen LogP contribution in [0.1, 0.15) is 20.3 Å². The van der Waals surface area contributed by atoms with Crippen LogP contribution in [0, 0.1) is 0 Å². The Morgan fingerprint density at radius 1 is 1.10 bits per heavy atom. The molecule has 0 radical (unpaired) electrons. The minimum absolute atomic E-state index is 0.198. The fourth-order valence-electron chi connectivity index (χ4n) is 1.97. The summed E-state index contributed by atoms with van der Waals surface area (Å²) in [7, 11) is 1.64. The highest BCUT2D eigenvalue weighted by Crippen LogP contribution is 2.16. The number of rotatable bonds is 10. The molecule has 1 aromatic carbocycles. The number of benzene rings is 1. The predicted molar refractivity (Wildman–Crippen MR) is 83.9 cm³/mol. The lowest BCUT2D eigenvalue weighted by atomic mass is 10.3. The van der Waals surface area contributed by atoms with Gasteiger partial charge < -0.3 is 19.7 Å².